The van der Waals surface area contributed by atoms with Gasteiger partial charge in [-0.3, -0.25) is 0 Å². The highest BCUT2D eigenvalue weighted by molar-refractivity contribution is 6.22. The van der Waals surface area contributed by atoms with Gasteiger partial charge in [0.05, 0.1) is 33.1 Å². The molecule has 0 aliphatic rings. The number of hydrogen-bond donors (Lipinski definition) is 0. The fourth-order valence-corrected chi connectivity index (χ4v) is 10.1. The third-order valence-electron chi connectivity index (χ3n) is 12.8. The van der Waals surface area contributed by atoms with Crippen LogP contribution in [0.25, 0.3) is 116 Å². The van der Waals surface area contributed by atoms with Gasteiger partial charge in [0.1, 0.15) is 0 Å². The monoisotopic (exact) mass is 775 g/mol. The van der Waals surface area contributed by atoms with Crippen LogP contribution >= 0.6 is 0 Å². The zero-order valence-corrected chi connectivity index (χ0v) is 33.2. The van der Waals surface area contributed by atoms with Gasteiger partial charge in [0.25, 0.3) is 0 Å². The summed E-state index contributed by atoms with van der Waals surface area (Å²) in [6, 6.07) is 82.3. The Balaban J connectivity index is 1.10. The van der Waals surface area contributed by atoms with Crippen molar-refractivity contribution < 1.29 is 0 Å². The molecular weight excluding hydrogens is 739 g/mol. The molecule has 0 N–H and O–H groups in total. The predicted molar refractivity (Wildman–Crippen MR) is 258 cm³/mol. The van der Waals surface area contributed by atoms with E-state index in [2.05, 4.69) is 238 Å². The first-order valence-corrected chi connectivity index (χ1v) is 21.0. The summed E-state index contributed by atoms with van der Waals surface area (Å²) in [6.45, 7) is 0. The molecular formula is C58H37N3. The second kappa shape index (κ2) is 13.2. The van der Waals surface area contributed by atoms with Crippen LogP contribution in [0, 0.1) is 0 Å². The van der Waals surface area contributed by atoms with Gasteiger partial charge < -0.3 is 13.7 Å². The van der Waals surface area contributed by atoms with Crippen LogP contribution in [0.2, 0.25) is 0 Å². The average Bonchev–Trinajstić information content (AvgIpc) is 3.96. The van der Waals surface area contributed by atoms with Gasteiger partial charge in [-0.15, -0.1) is 0 Å². The van der Waals surface area contributed by atoms with Gasteiger partial charge >= 0.3 is 0 Å². The Bertz CT molecular complexity index is 3850. The number of fused-ring (bicyclic) bond motifs is 10. The molecule has 0 amide bonds. The molecule has 13 aromatic rings. The zero-order valence-electron chi connectivity index (χ0n) is 33.2. The van der Waals surface area contributed by atoms with Crippen LogP contribution in [-0.2, 0) is 0 Å². The highest BCUT2D eigenvalue weighted by atomic mass is 15.0. The number of aromatic nitrogens is 3. The fourth-order valence-electron chi connectivity index (χ4n) is 10.1. The van der Waals surface area contributed by atoms with Crippen LogP contribution in [0.4, 0.5) is 0 Å². The molecule has 0 saturated heterocycles. The SMILES string of the molecule is c1ccc(-c2ccc(-n3c4ccccc4c4ccc(-n5c6ccccc6c6cc7ccccc7c(-c7ccc8c(c7)c7ccccc7n8-c7ccccc7)c65)cc43)cc2)cc1. The molecule has 0 radical (unpaired) electrons. The van der Waals surface area contributed by atoms with Crippen LogP contribution in [-0.4, -0.2) is 13.7 Å². The number of nitrogens with zero attached hydrogens (tertiary/aromatic N) is 3. The molecule has 3 aromatic heterocycles. The summed E-state index contributed by atoms with van der Waals surface area (Å²) in [7, 11) is 0. The van der Waals surface area contributed by atoms with Gasteiger partial charge in [0.15, 0.2) is 0 Å². The summed E-state index contributed by atoms with van der Waals surface area (Å²) < 4.78 is 7.35. The minimum atomic E-state index is 1.13. The van der Waals surface area contributed by atoms with Crippen LogP contribution in [0.3, 0.4) is 0 Å². The van der Waals surface area contributed by atoms with Crippen molar-refractivity contribution in [3.05, 3.63) is 224 Å². The maximum Gasteiger partial charge on any atom is 0.0625 e. The second-order valence-corrected chi connectivity index (χ2v) is 16.1. The summed E-state index contributed by atoms with van der Waals surface area (Å²) in [4.78, 5) is 0. The summed E-state index contributed by atoms with van der Waals surface area (Å²) in [5, 5.41) is 9.91. The molecule has 284 valence electrons. The Hall–Kier alpha value is -8.14. The van der Waals surface area contributed by atoms with Crippen molar-refractivity contribution in [2.45, 2.75) is 0 Å². The lowest BCUT2D eigenvalue weighted by atomic mass is 9.93. The minimum absolute atomic E-state index is 1.13. The van der Waals surface area contributed by atoms with Gasteiger partial charge in [-0.25, -0.2) is 0 Å². The van der Waals surface area contributed by atoms with Gasteiger partial charge in [-0.05, 0) is 100 Å². The summed E-state index contributed by atoms with van der Waals surface area (Å²) in [5.74, 6) is 0. The van der Waals surface area contributed by atoms with Gasteiger partial charge in [0.2, 0.25) is 0 Å². The highest BCUT2D eigenvalue weighted by Crippen LogP contribution is 2.45. The van der Waals surface area contributed by atoms with E-state index in [1.54, 1.807) is 0 Å². The molecule has 61 heavy (non-hydrogen) atoms. The van der Waals surface area contributed by atoms with E-state index in [0.717, 1.165) is 17.1 Å². The molecule has 3 heterocycles. The summed E-state index contributed by atoms with van der Waals surface area (Å²) >= 11 is 0. The standard InChI is InChI=1S/C58H37N3/c1-3-15-38(16-4-1)39-27-30-43(31-28-39)60-52-24-12-9-21-46(52)49-33-32-44(37-56(49)60)61-54-26-14-11-23-48(54)51-35-40-17-7-8-20-45(40)57(58(51)61)41-29-34-55-50(36-41)47-22-10-13-25-53(47)59(55)42-18-5-2-6-19-42/h1-37H. The number of rotatable bonds is 5. The van der Waals surface area contributed by atoms with Crippen molar-refractivity contribution in [1.29, 1.82) is 0 Å². The quantitative estimate of drug-likeness (QED) is 0.165. The first-order chi connectivity index (χ1) is 30.3. The molecule has 0 aliphatic heterocycles. The number of benzene rings is 10. The molecule has 0 fully saturated rings. The fraction of sp³-hybridized carbons (Fsp3) is 0. The highest BCUT2D eigenvalue weighted by Gasteiger charge is 2.22. The Morgan fingerprint density at radius 1 is 0.230 bits per heavy atom. The first kappa shape index (κ1) is 33.8. The predicted octanol–water partition coefficient (Wildman–Crippen LogP) is 15.5. The number of hydrogen-bond acceptors (Lipinski definition) is 0. The van der Waals surface area contributed by atoms with E-state index in [9.17, 15) is 0 Å². The van der Waals surface area contributed by atoms with Crippen LogP contribution < -0.4 is 0 Å². The van der Waals surface area contributed by atoms with Crippen LogP contribution in [0.1, 0.15) is 0 Å². The van der Waals surface area contributed by atoms with Gasteiger partial charge in [-0.1, -0.05) is 152 Å². The van der Waals surface area contributed by atoms with E-state index in [0.29, 0.717) is 0 Å². The van der Waals surface area contributed by atoms with Crippen molar-refractivity contribution in [2.75, 3.05) is 0 Å². The molecule has 0 bridgehead atoms. The van der Waals surface area contributed by atoms with E-state index in [-0.39, 0.29) is 0 Å². The summed E-state index contributed by atoms with van der Waals surface area (Å²) in [6.07, 6.45) is 0. The summed E-state index contributed by atoms with van der Waals surface area (Å²) in [5.41, 5.74) is 15.4. The smallest absolute Gasteiger partial charge is 0.0625 e. The molecule has 3 nitrogen and oxygen atoms in total. The molecule has 10 aromatic carbocycles. The molecule has 0 spiro atoms. The van der Waals surface area contributed by atoms with Crippen LogP contribution in [0.15, 0.2) is 224 Å². The molecule has 0 atom stereocenters. The van der Waals surface area contributed by atoms with E-state index in [1.807, 2.05) is 0 Å². The normalized spacial score (nSPS) is 11.9. The Kier molecular flexibility index (Phi) is 7.31. The lowest BCUT2D eigenvalue weighted by molar-refractivity contribution is 1.16. The molecule has 0 unspecified atom stereocenters. The van der Waals surface area contributed by atoms with Gasteiger partial charge in [0, 0.05) is 54.9 Å². The van der Waals surface area contributed by atoms with E-state index >= 15 is 0 Å². The van der Waals surface area contributed by atoms with E-state index in [4.69, 9.17) is 0 Å². The molecule has 0 saturated carbocycles. The largest absolute Gasteiger partial charge is 0.309 e. The van der Waals surface area contributed by atoms with Gasteiger partial charge in [-0.2, -0.15) is 0 Å². The number of para-hydroxylation sites is 4. The lowest BCUT2D eigenvalue weighted by Gasteiger charge is -2.16. The zero-order chi connectivity index (χ0) is 40.0. The maximum absolute atomic E-state index is 2.52. The van der Waals surface area contributed by atoms with Crippen LogP contribution in [0.5, 0.6) is 0 Å². The van der Waals surface area contributed by atoms with Crippen molar-refractivity contribution >= 4 is 76.2 Å². The molecule has 13 rings (SSSR count). The lowest BCUT2D eigenvalue weighted by Crippen LogP contribution is -1.98. The Morgan fingerprint density at radius 3 is 1.43 bits per heavy atom. The maximum atomic E-state index is 2.52. The molecule has 3 heteroatoms. The Labute approximate surface area is 352 Å². The van der Waals surface area contributed by atoms with Crippen molar-refractivity contribution in [3.63, 3.8) is 0 Å². The minimum Gasteiger partial charge on any atom is -0.309 e. The van der Waals surface area contributed by atoms with E-state index < -0.39 is 0 Å². The Morgan fingerprint density at radius 2 is 0.705 bits per heavy atom. The van der Waals surface area contributed by atoms with Crippen molar-refractivity contribution in [2.24, 2.45) is 0 Å². The first-order valence-electron chi connectivity index (χ1n) is 21.0. The second-order valence-electron chi connectivity index (χ2n) is 16.1. The molecule has 0 aliphatic carbocycles. The van der Waals surface area contributed by atoms with Crippen molar-refractivity contribution in [1.82, 2.24) is 13.7 Å². The third-order valence-corrected chi connectivity index (χ3v) is 12.8. The van der Waals surface area contributed by atoms with E-state index in [1.165, 1.54) is 98.4 Å². The average molecular weight is 776 g/mol. The van der Waals surface area contributed by atoms with Crippen molar-refractivity contribution in [3.8, 4) is 39.3 Å². The topological polar surface area (TPSA) is 14.8 Å². The third kappa shape index (κ3) is 5.04.